The lowest BCUT2D eigenvalue weighted by atomic mass is 10.1. The highest BCUT2D eigenvalue weighted by atomic mass is 28.3. The Morgan fingerprint density at radius 3 is 1.90 bits per heavy atom. The van der Waals surface area contributed by atoms with Crippen molar-refractivity contribution >= 4 is 8.07 Å². The van der Waals surface area contributed by atoms with E-state index < -0.39 is 8.07 Å². The minimum Gasteiger partial charge on any atom is -0.0695 e. The van der Waals surface area contributed by atoms with Gasteiger partial charge in [0.25, 0.3) is 0 Å². The lowest BCUT2D eigenvalue weighted by Gasteiger charge is -2.15. The predicted octanol–water partition coefficient (Wildman–Crippen LogP) is 3.76. The van der Waals surface area contributed by atoms with Gasteiger partial charge in [-0.15, -0.1) is 0 Å². The SMILES string of the molecule is CC(C)CCC[Si](C)(C)C. The van der Waals surface area contributed by atoms with E-state index in [0.717, 1.165) is 5.92 Å². The zero-order chi connectivity index (χ0) is 8.20. The number of rotatable bonds is 4. The molecule has 10 heavy (non-hydrogen) atoms. The average molecular weight is 158 g/mol. The summed E-state index contributed by atoms with van der Waals surface area (Å²) in [7, 11) is -0.724. The summed E-state index contributed by atoms with van der Waals surface area (Å²) in [5, 5.41) is 0. The van der Waals surface area contributed by atoms with E-state index in [-0.39, 0.29) is 0 Å². The van der Waals surface area contributed by atoms with Crippen LogP contribution in [0.3, 0.4) is 0 Å². The fraction of sp³-hybridized carbons (Fsp3) is 1.00. The van der Waals surface area contributed by atoms with Gasteiger partial charge in [0.2, 0.25) is 0 Å². The zero-order valence-corrected chi connectivity index (χ0v) is 9.20. The van der Waals surface area contributed by atoms with E-state index in [0.29, 0.717) is 0 Å². The molecule has 0 aromatic heterocycles. The molecule has 0 aliphatic rings. The largest absolute Gasteiger partial charge is 0.0695 e. The van der Waals surface area contributed by atoms with Crippen molar-refractivity contribution in [3.63, 3.8) is 0 Å². The second kappa shape index (κ2) is 4.17. The fourth-order valence-electron chi connectivity index (χ4n) is 1.04. The van der Waals surface area contributed by atoms with Gasteiger partial charge in [-0.1, -0.05) is 52.4 Å². The Bertz CT molecular complexity index is 79.2. The molecule has 0 fully saturated rings. The second-order valence-electron chi connectivity index (χ2n) is 4.85. The molecule has 0 atom stereocenters. The summed E-state index contributed by atoms with van der Waals surface area (Å²) < 4.78 is 0. The van der Waals surface area contributed by atoms with Crippen molar-refractivity contribution in [1.82, 2.24) is 0 Å². The van der Waals surface area contributed by atoms with Crippen molar-refractivity contribution in [2.75, 3.05) is 0 Å². The van der Waals surface area contributed by atoms with E-state index in [9.17, 15) is 0 Å². The van der Waals surface area contributed by atoms with Gasteiger partial charge in [0, 0.05) is 8.07 Å². The minimum absolute atomic E-state index is 0.724. The van der Waals surface area contributed by atoms with E-state index in [4.69, 9.17) is 0 Å². The Hall–Kier alpha value is 0.217. The van der Waals surface area contributed by atoms with Crippen molar-refractivity contribution in [2.45, 2.75) is 52.4 Å². The zero-order valence-electron chi connectivity index (χ0n) is 8.20. The number of hydrogen-bond donors (Lipinski definition) is 0. The smallest absolute Gasteiger partial charge is 0.0442 e. The standard InChI is InChI=1S/C9H22Si/c1-9(2)7-6-8-10(3,4)5/h9H,6-8H2,1-5H3. The van der Waals surface area contributed by atoms with Crippen molar-refractivity contribution < 1.29 is 0 Å². The van der Waals surface area contributed by atoms with Crippen LogP contribution < -0.4 is 0 Å². The van der Waals surface area contributed by atoms with Crippen LogP contribution in [0.15, 0.2) is 0 Å². The van der Waals surface area contributed by atoms with Crippen LogP contribution in [0.1, 0.15) is 26.7 Å². The summed E-state index contributed by atoms with van der Waals surface area (Å²) in [5.41, 5.74) is 0. The van der Waals surface area contributed by atoms with Crippen LogP contribution >= 0.6 is 0 Å². The molecule has 0 radical (unpaired) electrons. The van der Waals surface area contributed by atoms with Crippen molar-refractivity contribution in [3.05, 3.63) is 0 Å². The summed E-state index contributed by atoms with van der Waals surface area (Å²) in [5.74, 6) is 0.899. The van der Waals surface area contributed by atoms with Gasteiger partial charge in [-0.3, -0.25) is 0 Å². The van der Waals surface area contributed by atoms with Crippen LogP contribution in [0.4, 0.5) is 0 Å². The Labute approximate surface area is 67.0 Å². The summed E-state index contributed by atoms with van der Waals surface area (Å²) in [4.78, 5) is 0. The first kappa shape index (κ1) is 10.2. The molecule has 0 N–H and O–H groups in total. The highest BCUT2D eigenvalue weighted by Crippen LogP contribution is 2.15. The van der Waals surface area contributed by atoms with Gasteiger partial charge < -0.3 is 0 Å². The molecular formula is C9H22Si. The van der Waals surface area contributed by atoms with Gasteiger partial charge in [-0.05, 0) is 5.92 Å². The Morgan fingerprint density at radius 2 is 1.60 bits per heavy atom. The topological polar surface area (TPSA) is 0 Å². The molecule has 62 valence electrons. The van der Waals surface area contributed by atoms with Gasteiger partial charge in [0.1, 0.15) is 0 Å². The van der Waals surface area contributed by atoms with E-state index in [1.807, 2.05) is 0 Å². The van der Waals surface area contributed by atoms with E-state index in [2.05, 4.69) is 33.5 Å². The fourth-order valence-corrected chi connectivity index (χ4v) is 2.31. The van der Waals surface area contributed by atoms with Gasteiger partial charge in [-0.25, -0.2) is 0 Å². The van der Waals surface area contributed by atoms with Crippen LogP contribution in [0.2, 0.25) is 25.7 Å². The lowest BCUT2D eigenvalue weighted by Crippen LogP contribution is -2.18. The molecule has 0 heterocycles. The average Bonchev–Trinajstić information content (AvgIpc) is 1.59. The summed E-state index contributed by atoms with van der Waals surface area (Å²) in [6.07, 6.45) is 2.87. The molecule has 0 aromatic rings. The quantitative estimate of drug-likeness (QED) is 0.546. The van der Waals surface area contributed by atoms with Gasteiger partial charge in [-0.2, -0.15) is 0 Å². The first-order valence-electron chi connectivity index (χ1n) is 4.42. The molecule has 0 rings (SSSR count). The molecule has 0 nitrogen and oxygen atoms in total. The van der Waals surface area contributed by atoms with Crippen LogP contribution in [0.25, 0.3) is 0 Å². The van der Waals surface area contributed by atoms with Crippen LogP contribution in [-0.4, -0.2) is 8.07 Å². The predicted molar refractivity (Wildman–Crippen MR) is 52.2 cm³/mol. The highest BCUT2D eigenvalue weighted by Gasteiger charge is 2.11. The maximum absolute atomic E-state index is 2.45. The molecule has 0 amide bonds. The maximum Gasteiger partial charge on any atom is 0.0442 e. The van der Waals surface area contributed by atoms with Crippen molar-refractivity contribution in [1.29, 1.82) is 0 Å². The van der Waals surface area contributed by atoms with E-state index in [1.54, 1.807) is 0 Å². The second-order valence-corrected chi connectivity index (χ2v) is 10.5. The molecule has 0 aliphatic heterocycles. The third kappa shape index (κ3) is 8.22. The summed E-state index contributed by atoms with van der Waals surface area (Å²) in [6.45, 7) is 12.0. The maximum atomic E-state index is 2.45. The van der Waals surface area contributed by atoms with E-state index in [1.165, 1.54) is 18.9 Å². The molecule has 0 aliphatic carbocycles. The third-order valence-corrected chi connectivity index (χ3v) is 3.56. The summed E-state index contributed by atoms with van der Waals surface area (Å²) >= 11 is 0. The molecule has 0 bridgehead atoms. The monoisotopic (exact) mass is 158 g/mol. The first-order valence-corrected chi connectivity index (χ1v) is 8.12. The van der Waals surface area contributed by atoms with Gasteiger partial charge in [0.05, 0.1) is 0 Å². The molecule has 1 heteroatoms. The normalized spacial score (nSPS) is 12.6. The first-order chi connectivity index (χ1) is 4.42. The van der Waals surface area contributed by atoms with Gasteiger partial charge >= 0.3 is 0 Å². The molecular weight excluding hydrogens is 136 g/mol. The van der Waals surface area contributed by atoms with Gasteiger partial charge in [0.15, 0.2) is 0 Å². The lowest BCUT2D eigenvalue weighted by molar-refractivity contribution is 0.573. The Kier molecular flexibility index (Phi) is 4.26. The van der Waals surface area contributed by atoms with Crippen molar-refractivity contribution in [3.8, 4) is 0 Å². The Morgan fingerprint density at radius 1 is 1.10 bits per heavy atom. The number of hydrogen-bond acceptors (Lipinski definition) is 0. The molecule has 0 aromatic carbocycles. The van der Waals surface area contributed by atoms with E-state index >= 15 is 0 Å². The van der Waals surface area contributed by atoms with Crippen molar-refractivity contribution in [2.24, 2.45) is 5.92 Å². The van der Waals surface area contributed by atoms with Crippen LogP contribution in [0.5, 0.6) is 0 Å². The van der Waals surface area contributed by atoms with Crippen LogP contribution in [-0.2, 0) is 0 Å². The third-order valence-electron chi connectivity index (χ3n) is 1.71. The van der Waals surface area contributed by atoms with Crippen LogP contribution in [0, 0.1) is 5.92 Å². The Balaban J connectivity index is 3.21. The highest BCUT2D eigenvalue weighted by molar-refractivity contribution is 6.76. The molecule has 0 saturated heterocycles. The molecule has 0 spiro atoms. The molecule has 0 unspecified atom stereocenters. The summed E-state index contributed by atoms with van der Waals surface area (Å²) in [6, 6.07) is 1.51. The minimum atomic E-state index is -0.724. The molecule has 0 saturated carbocycles.